The van der Waals surface area contributed by atoms with Crippen LogP contribution in [0.1, 0.15) is 17.5 Å². The number of aryl methyl sites for hydroxylation is 1. The van der Waals surface area contributed by atoms with E-state index in [0.717, 1.165) is 22.4 Å². The van der Waals surface area contributed by atoms with E-state index < -0.39 is 36.4 Å². The van der Waals surface area contributed by atoms with E-state index >= 15 is 0 Å². The van der Waals surface area contributed by atoms with Gasteiger partial charge in [0.2, 0.25) is 11.8 Å². The van der Waals surface area contributed by atoms with Crippen LogP contribution in [0.4, 0.5) is 5.69 Å². The van der Waals surface area contributed by atoms with Gasteiger partial charge in [0.05, 0.1) is 16.9 Å². The number of ether oxygens (including phenoxy) is 1. The zero-order valence-electron chi connectivity index (χ0n) is 19.4. The summed E-state index contributed by atoms with van der Waals surface area (Å²) < 4.78 is 6.05. The number of anilines is 1. The van der Waals surface area contributed by atoms with Gasteiger partial charge in [-0.3, -0.25) is 19.3 Å². The Labute approximate surface area is 221 Å². The highest BCUT2D eigenvalue weighted by molar-refractivity contribution is 9.10. The molecule has 7 nitrogen and oxygen atoms in total. The van der Waals surface area contributed by atoms with Gasteiger partial charge in [-0.2, -0.15) is 0 Å². The molecule has 0 spiro atoms. The molecule has 3 amide bonds. The lowest BCUT2D eigenvalue weighted by Crippen LogP contribution is -2.48. The Morgan fingerprint density at radius 3 is 2.39 bits per heavy atom. The van der Waals surface area contributed by atoms with Gasteiger partial charge in [0.15, 0.2) is 6.61 Å². The number of esters is 1. The van der Waals surface area contributed by atoms with E-state index in [1.54, 1.807) is 12.1 Å². The molecule has 3 aliphatic rings. The molecule has 1 N–H and O–H groups in total. The first kappa shape index (κ1) is 24.7. The molecule has 1 saturated heterocycles. The van der Waals surface area contributed by atoms with Crippen LogP contribution in [0, 0.1) is 30.6 Å². The summed E-state index contributed by atoms with van der Waals surface area (Å²) in [6.07, 6.45) is 4.92. The lowest BCUT2D eigenvalue weighted by Gasteiger charge is -2.26. The standard InChI is InChI=1S/C27H24BrClN2O5/c1-14-9-18(28)19(29)12-20(14)30-22(32)13-36-27(35)21(10-15-5-3-2-4-6-15)31-25(33)23-16-7-8-17(11-16)24(23)26(31)34/h2-9,12,16-17,21,23-24H,10-11,13H2,1H3,(H,30,32)/t16-,17-,21-,23-,24+/m0/s1. The van der Waals surface area contributed by atoms with Crippen molar-refractivity contribution in [3.63, 3.8) is 0 Å². The predicted molar refractivity (Wildman–Crippen MR) is 137 cm³/mol. The van der Waals surface area contributed by atoms with E-state index in [0.29, 0.717) is 15.2 Å². The van der Waals surface area contributed by atoms with E-state index in [-0.39, 0.29) is 30.1 Å². The van der Waals surface area contributed by atoms with Crippen LogP contribution < -0.4 is 5.32 Å². The third-order valence-corrected chi connectivity index (χ3v) is 8.44. The Kier molecular flexibility index (Phi) is 6.74. The van der Waals surface area contributed by atoms with Crippen molar-refractivity contribution in [1.29, 1.82) is 0 Å². The molecule has 0 unspecified atom stereocenters. The molecule has 0 aromatic heterocycles. The molecule has 0 radical (unpaired) electrons. The molecule has 1 heterocycles. The number of hydrogen-bond acceptors (Lipinski definition) is 5. The minimum absolute atomic E-state index is 0.0293. The highest BCUT2D eigenvalue weighted by atomic mass is 79.9. The highest BCUT2D eigenvalue weighted by Gasteiger charge is 2.61. The number of nitrogens with one attached hydrogen (secondary N) is 1. The number of carbonyl (C=O) groups excluding carboxylic acids is 4. The summed E-state index contributed by atoms with van der Waals surface area (Å²) >= 11 is 9.46. The zero-order valence-corrected chi connectivity index (χ0v) is 21.8. The number of hydrogen-bond donors (Lipinski definition) is 1. The fourth-order valence-electron chi connectivity index (χ4n) is 5.55. The number of rotatable bonds is 7. The number of imide groups is 1. The minimum atomic E-state index is -1.14. The summed E-state index contributed by atoms with van der Waals surface area (Å²) in [5.41, 5.74) is 2.05. The van der Waals surface area contributed by atoms with Crippen LogP contribution in [0.25, 0.3) is 0 Å². The van der Waals surface area contributed by atoms with Gasteiger partial charge < -0.3 is 10.1 Å². The maximum absolute atomic E-state index is 13.4. The Morgan fingerprint density at radius 1 is 1.11 bits per heavy atom. The van der Waals surface area contributed by atoms with Crippen LogP contribution in [0.3, 0.4) is 0 Å². The van der Waals surface area contributed by atoms with Gasteiger partial charge in [0, 0.05) is 16.6 Å². The van der Waals surface area contributed by atoms with Crippen LogP contribution in [-0.4, -0.2) is 41.2 Å². The molecule has 5 rings (SSSR count). The number of fused-ring (bicyclic) bond motifs is 5. The van der Waals surface area contributed by atoms with Crippen molar-refractivity contribution >= 4 is 56.9 Å². The largest absolute Gasteiger partial charge is 0.454 e. The molecule has 186 valence electrons. The fourth-order valence-corrected chi connectivity index (χ4v) is 6.17. The number of halogens is 2. The molecule has 2 aromatic carbocycles. The molecule has 2 aromatic rings. The summed E-state index contributed by atoms with van der Waals surface area (Å²) in [6, 6.07) is 11.4. The molecular weight excluding hydrogens is 548 g/mol. The van der Waals surface area contributed by atoms with Crippen LogP contribution in [-0.2, 0) is 30.3 Å². The first-order chi connectivity index (χ1) is 17.2. The van der Waals surface area contributed by atoms with Gasteiger partial charge in [-0.1, -0.05) is 54.1 Å². The zero-order chi connectivity index (χ0) is 25.6. The molecule has 2 aliphatic carbocycles. The lowest BCUT2D eigenvalue weighted by molar-refractivity contribution is -0.160. The SMILES string of the molecule is Cc1cc(Br)c(Cl)cc1NC(=O)COC(=O)[C@H](Cc1ccccc1)N1C(=O)[C@@H]2[C@H](C1=O)[C@H]1C=C[C@H]2C1. The molecule has 5 atom stereocenters. The fraction of sp³-hybridized carbons (Fsp3) is 0.333. The van der Waals surface area contributed by atoms with Crippen molar-refractivity contribution in [3.05, 3.63) is 75.2 Å². The van der Waals surface area contributed by atoms with Crippen molar-refractivity contribution in [1.82, 2.24) is 4.90 Å². The predicted octanol–water partition coefficient (Wildman–Crippen LogP) is 4.31. The van der Waals surface area contributed by atoms with Gasteiger partial charge in [-0.15, -0.1) is 0 Å². The van der Waals surface area contributed by atoms with E-state index in [2.05, 4.69) is 21.2 Å². The van der Waals surface area contributed by atoms with Crippen LogP contribution in [0.5, 0.6) is 0 Å². The molecule has 36 heavy (non-hydrogen) atoms. The minimum Gasteiger partial charge on any atom is -0.454 e. The molecule has 2 bridgehead atoms. The van der Waals surface area contributed by atoms with Gasteiger partial charge in [-0.05, 0) is 64.4 Å². The van der Waals surface area contributed by atoms with Crippen LogP contribution in [0.15, 0.2) is 59.1 Å². The average Bonchev–Trinajstić information content (AvgIpc) is 3.54. The third kappa shape index (κ3) is 4.48. The summed E-state index contributed by atoms with van der Waals surface area (Å²) in [7, 11) is 0. The van der Waals surface area contributed by atoms with Gasteiger partial charge in [-0.25, -0.2) is 4.79 Å². The molecule has 2 fully saturated rings. The van der Waals surface area contributed by atoms with Crippen molar-refractivity contribution < 1.29 is 23.9 Å². The Morgan fingerprint density at radius 2 is 1.75 bits per heavy atom. The number of benzene rings is 2. The van der Waals surface area contributed by atoms with Crippen LogP contribution in [0.2, 0.25) is 5.02 Å². The molecular formula is C27H24BrClN2O5. The number of carbonyl (C=O) groups is 4. The second-order valence-corrected chi connectivity index (χ2v) is 10.8. The van der Waals surface area contributed by atoms with Crippen molar-refractivity contribution in [3.8, 4) is 0 Å². The average molecular weight is 572 g/mol. The van der Waals surface area contributed by atoms with Crippen molar-refractivity contribution in [2.24, 2.45) is 23.7 Å². The highest BCUT2D eigenvalue weighted by Crippen LogP contribution is 2.53. The first-order valence-electron chi connectivity index (χ1n) is 11.8. The van der Waals surface area contributed by atoms with Crippen LogP contribution >= 0.6 is 27.5 Å². The Bertz CT molecular complexity index is 1250. The van der Waals surface area contributed by atoms with Gasteiger partial charge in [0.25, 0.3) is 5.91 Å². The van der Waals surface area contributed by atoms with Crippen molar-refractivity contribution in [2.75, 3.05) is 11.9 Å². The summed E-state index contributed by atoms with van der Waals surface area (Å²) in [6.45, 7) is 1.25. The number of likely N-dealkylation sites (tertiary alicyclic amines) is 1. The lowest BCUT2D eigenvalue weighted by atomic mass is 9.85. The number of amides is 3. The summed E-state index contributed by atoms with van der Waals surface area (Å²) in [5.74, 6) is -2.79. The summed E-state index contributed by atoms with van der Waals surface area (Å²) in [5, 5.41) is 3.11. The normalized spacial score (nSPS) is 24.7. The topological polar surface area (TPSA) is 92.8 Å². The Hall–Kier alpha value is -2.97. The van der Waals surface area contributed by atoms with Gasteiger partial charge in [0.1, 0.15) is 6.04 Å². The molecule has 9 heteroatoms. The third-order valence-electron chi connectivity index (χ3n) is 7.25. The van der Waals surface area contributed by atoms with E-state index in [4.69, 9.17) is 16.3 Å². The monoisotopic (exact) mass is 570 g/mol. The molecule has 1 saturated carbocycles. The van der Waals surface area contributed by atoms with Crippen molar-refractivity contribution in [2.45, 2.75) is 25.8 Å². The van der Waals surface area contributed by atoms with Gasteiger partial charge >= 0.3 is 5.97 Å². The second-order valence-electron chi connectivity index (χ2n) is 9.49. The maximum Gasteiger partial charge on any atom is 0.330 e. The summed E-state index contributed by atoms with van der Waals surface area (Å²) in [4.78, 5) is 53.6. The quantitative estimate of drug-likeness (QED) is 0.304. The smallest absolute Gasteiger partial charge is 0.330 e. The number of allylic oxidation sites excluding steroid dienone is 2. The molecule has 1 aliphatic heterocycles. The Balaban J connectivity index is 1.32. The maximum atomic E-state index is 13.4. The number of nitrogens with zero attached hydrogens (tertiary/aromatic N) is 1. The first-order valence-corrected chi connectivity index (χ1v) is 12.9. The second kappa shape index (κ2) is 9.82. The van der Waals surface area contributed by atoms with E-state index in [1.165, 1.54) is 0 Å². The van der Waals surface area contributed by atoms with E-state index in [9.17, 15) is 19.2 Å². The van der Waals surface area contributed by atoms with E-state index in [1.807, 2.05) is 49.4 Å².